The monoisotopic (exact) mass is 261 g/mol. The first-order chi connectivity index (χ1) is 9.60. The molecule has 1 aromatic carbocycles. The SMILES string of the molecule is Cc1[nH]c2ccc(NC(C#N)=C(C#N)C#N)cc2c1C. The molecule has 0 radical (unpaired) electrons. The van der Waals surface area contributed by atoms with E-state index in [-0.39, 0.29) is 11.3 Å². The second-order valence-corrected chi connectivity index (χ2v) is 4.35. The van der Waals surface area contributed by atoms with Gasteiger partial charge in [-0.2, -0.15) is 15.8 Å². The summed E-state index contributed by atoms with van der Waals surface area (Å²) in [7, 11) is 0. The average Bonchev–Trinajstić information content (AvgIpc) is 2.74. The summed E-state index contributed by atoms with van der Waals surface area (Å²) in [6, 6.07) is 10.8. The van der Waals surface area contributed by atoms with Crippen molar-refractivity contribution in [1.29, 1.82) is 15.8 Å². The van der Waals surface area contributed by atoms with Crippen LogP contribution in [-0.2, 0) is 0 Å². The van der Waals surface area contributed by atoms with E-state index in [0.29, 0.717) is 5.69 Å². The number of anilines is 1. The highest BCUT2D eigenvalue weighted by Crippen LogP contribution is 2.25. The lowest BCUT2D eigenvalue weighted by atomic mass is 10.1. The van der Waals surface area contributed by atoms with Crippen molar-refractivity contribution in [2.24, 2.45) is 0 Å². The van der Waals surface area contributed by atoms with Gasteiger partial charge in [0, 0.05) is 22.3 Å². The van der Waals surface area contributed by atoms with Crippen molar-refractivity contribution in [2.45, 2.75) is 13.8 Å². The third-order valence-corrected chi connectivity index (χ3v) is 3.16. The number of aryl methyl sites for hydroxylation is 2. The minimum absolute atomic E-state index is 0.0424. The van der Waals surface area contributed by atoms with Gasteiger partial charge >= 0.3 is 0 Å². The molecule has 5 heteroatoms. The molecule has 2 rings (SSSR count). The Kier molecular flexibility index (Phi) is 3.42. The summed E-state index contributed by atoms with van der Waals surface area (Å²) >= 11 is 0. The second-order valence-electron chi connectivity index (χ2n) is 4.35. The van der Waals surface area contributed by atoms with E-state index in [0.717, 1.165) is 22.2 Å². The molecule has 96 valence electrons. The highest BCUT2D eigenvalue weighted by Gasteiger charge is 2.08. The zero-order chi connectivity index (χ0) is 14.7. The first-order valence-electron chi connectivity index (χ1n) is 5.91. The predicted octanol–water partition coefficient (Wildman–Crippen LogP) is 3.02. The number of nitriles is 3. The van der Waals surface area contributed by atoms with Gasteiger partial charge in [-0.05, 0) is 37.6 Å². The summed E-state index contributed by atoms with van der Waals surface area (Å²) in [6.45, 7) is 4.00. The summed E-state index contributed by atoms with van der Waals surface area (Å²) in [5.41, 5.74) is 3.62. The number of aromatic amines is 1. The molecule has 0 fully saturated rings. The highest BCUT2D eigenvalue weighted by atomic mass is 14.9. The van der Waals surface area contributed by atoms with E-state index >= 15 is 0 Å². The van der Waals surface area contributed by atoms with E-state index in [1.165, 1.54) is 0 Å². The number of hydrogen-bond donors (Lipinski definition) is 2. The molecule has 0 aliphatic rings. The lowest BCUT2D eigenvalue weighted by molar-refractivity contribution is 1.25. The molecule has 1 aromatic heterocycles. The fourth-order valence-electron chi connectivity index (χ4n) is 1.97. The number of allylic oxidation sites excluding steroid dienone is 2. The Morgan fingerprint density at radius 3 is 2.40 bits per heavy atom. The lowest BCUT2D eigenvalue weighted by Gasteiger charge is -2.05. The molecular weight excluding hydrogens is 250 g/mol. The van der Waals surface area contributed by atoms with Crippen molar-refractivity contribution in [2.75, 3.05) is 5.32 Å². The average molecular weight is 261 g/mol. The Hall–Kier alpha value is -3.23. The molecule has 0 aliphatic heterocycles. The van der Waals surface area contributed by atoms with E-state index in [1.54, 1.807) is 18.2 Å². The van der Waals surface area contributed by atoms with Gasteiger partial charge in [0.15, 0.2) is 5.57 Å². The van der Waals surface area contributed by atoms with Crippen LogP contribution >= 0.6 is 0 Å². The van der Waals surface area contributed by atoms with Crippen LogP contribution in [0.2, 0.25) is 0 Å². The summed E-state index contributed by atoms with van der Waals surface area (Å²) in [6.07, 6.45) is 0. The van der Waals surface area contributed by atoms with Gasteiger partial charge in [-0.3, -0.25) is 0 Å². The standard InChI is InChI=1S/C15H11N5/c1-9-10(2)19-14-4-3-12(5-13(9)14)20-15(8-18)11(6-16)7-17/h3-5,19-20H,1-2H3. The summed E-state index contributed by atoms with van der Waals surface area (Å²) in [4.78, 5) is 3.26. The van der Waals surface area contributed by atoms with E-state index in [2.05, 4.69) is 10.3 Å². The maximum Gasteiger partial charge on any atom is 0.163 e. The van der Waals surface area contributed by atoms with Crippen LogP contribution < -0.4 is 5.32 Å². The molecule has 5 nitrogen and oxygen atoms in total. The van der Waals surface area contributed by atoms with Gasteiger partial charge in [0.05, 0.1) is 0 Å². The molecule has 0 saturated carbocycles. The molecule has 2 aromatic rings. The van der Waals surface area contributed by atoms with Crippen LogP contribution in [0.3, 0.4) is 0 Å². The van der Waals surface area contributed by atoms with Crippen LogP contribution in [0.5, 0.6) is 0 Å². The highest BCUT2D eigenvalue weighted by molar-refractivity contribution is 5.87. The number of hydrogen-bond acceptors (Lipinski definition) is 4. The molecule has 1 heterocycles. The van der Waals surface area contributed by atoms with Crippen LogP contribution in [0.25, 0.3) is 10.9 Å². The first kappa shape index (κ1) is 13.2. The molecule has 0 spiro atoms. The quantitative estimate of drug-likeness (QED) is 0.811. The van der Waals surface area contributed by atoms with E-state index in [9.17, 15) is 0 Å². The predicted molar refractivity (Wildman–Crippen MR) is 75.3 cm³/mol. The fraction of sp³-hybridized carbons (Fsp3) is 0.133. The van der Waals surface area contributed by atoms with Crippen LogP contribution in [0, 0.1) is 47.8 Å². The Bertz CT molecular complexity index is 818. The maximum absolute atomic E-state index is 9.01. The van der Waals surface area contributed by atoms with Gasteiger partial charge in [-0.25, -0.2) is 0 Å². The summed E-state index contributed by atoms with van der Waals surface area (Å²) in [5.74, 6) is 0. The van der Waals surface area contributed by atoms with Crippen LogP contribution in [0.1, 0.15) is 11.3 Å². The zero-order valence-electron chi connectivity index (χ0n) is 11.1. The number of rotatable bonds is 2. The van der Waals surface area contributed by atoms with E-state index in [4.69, 9.17) is 15.8 Å². The van der Waals surface area contributed by atoms with Crippen molar-refractivity contribution in [3.05, 3.63) is 40.7 Å². The fourth-order valence-corrected chi connectivity index (χ4v) is 1.97. The summed E-state index contributed by atoms with van der Waals surface area (Å²) in [5, 5.41) is 30.5. The van der Waals surface area contributed by atoms with Gasteiger partial charge in [0.25, 0.3) is 0 Å². The number of nitrogens with one attached hydrogen (secondary N) is 2. The largest absolute Gasteiger partial charge is 0.358 e. The Morgan fingerprint density at radius 2 is 1.80 bits per heavy atom. The van der Waals surface area contributed by atoms with Crippen LogP contribution in [-0.4, -0.2) is 4.98 Å². The van der Waals surface area contributed by atoms with Crippen molar-refractivity contribution < 1.29 is 0 Å². The first-order valence-corrected chi connectivity index (χ1v) is 5.91. The Balaban J connectivity index is 2.48. The maximum atomic E-state index is 9.01. The minimum Gasteiger partial charge on any atom is -0.358 e. The lowest BCUT2D eigenvalue weighted by Crippen LogP contribution is -2.00. The van der Waals surface area contributed by atoms with Crippen LogP contribution in [0.4, 0.5) is 5.69 Å². The molecular formula is C15H11N5. The zero-order valence-corrected chi connectivity index (χ0v) is 11.1. The van der Waals surface area contributed by atoms with Gasteiger partial charge in [0.2, 0.25) is 0 Å². The van der Waals surface area contributed by atoms with Gasteiger partial charge in [0.1, 0.15) is 23.9 Å². The molecule has 0 amide bonds. The molecule has 0 bridgehead atoms. The minimum atomic E-state index is -0.227. The topological polar surface area (TPSA) is 99.2 Å². The van der Waals surface area contributed by atoms with Crippen molar-refractivity contribution in [3.8, 4) is 18.2 Å². The normalized spacial score (nSPS) is 9.35. The second kappa shape index (κ2) is 5.18. The van der Waals surface area contributed by atoms with Crippen LogP contribution in [0.15, 0.2) is 29.5 Å². The third-order valence-electron chi connectivity index (χ3n) is 3.16. The van der Waals surface area contributed by atoms with E-state index < -0.39 is 0 Å². The number of nitrogens with zero attached hydrogens (tertiary/aromatic N) is 3. The molecule has 0 aliphatic carbocycles. The molecule has 2 N–H and O–H groups in total. The molecule has 0 unspecified atom stereocenters. The van der Waals surface area contributed by atoms with Crippen molar-refractivity contribution in [3.63, 3.8) is 0 Å². The number of fused-ring (bicyclic) bond motifs is 1. The number of aromatic nitrogens is 1. The Morgan fingerprint density at radius 1 is 1.10 bits per heavy atom. The number of benzene rings is 1. The van der Waals surface area contributed by atoms with Crippen molar-refractivity contribution >= 4 is 16.6 Å². The smallest absolute Gasteiger partial charge is 0.163 e. The van der Waals surface area contributed by atoms with E-state index in [1.807, 2.05) is 32.0 Å². The third kappa shape index (κ3) is 2.19. The summed E-state index contributed by atoms with van der Waals surface area (Å²) < 4.78 is 0. The molecule has 0 saturated heterocycles. The van der Waals surface area contributed by atoms with Crippen molar-refractivity contribution in [1.82, 2.24) is 4.98 Å². The molecule has 0 atom stereocenters. The Labute approximate surface area is 116 Å². The number of H-pyrrole nitrogens is 1. The van der Waals surface area contributed by atoms with Gasteiger partial charge in [-0.1, -0.05) is 0 Å². The van der Waals surface area contributed by atoms with Gasteiger partial charge < -0.3 is 10.3 Å². The van der Waals surface area contributed by atoms with Gasteiger partial charge in [-0.15, -0.1) is 0 Å². The molecule has 20 heavy (non-hydrogen) atoms.